The van der Waals surface area contributed by atoms with E-state index in [2.05, 4.69) is 5.32 Å². The van der Waals surface area contributed by atoms with E-state index in [0.717, 1.165) is 12.1 Å². The van der Waals surface area contributed by atoms with Gasteiger partial charge in [0, 0.05) is 24.2 Å². The van der Waals surface area contributed by atoms with E-state index in [0.29, 0.717) is 18.7 Å². The molecule has 0 spiro atoms. The predicted octanol–water partition coefficient (Wildman–Crippen LogP) is 3.84. The lowest BCUT2D eigenvalue weighted by molar-refractivity contribution is 0.0772. The average Bonchev–Trinajstić information content (AvgIpc) is 2.63. The summed E-state index contributed by atoms with van der Waals surface area (Å²) in [5.41, 5.74) is 0.103. The molecule has 2 aromatic carbocycles. The molecule has 2 amide bonds. The lowest BCUT2D eigenvalue weighted by Gasteiger charge is -2.18. The van der Waals surface area contributed by atoms with Crippen molar-refractivity contribution in [3.8, 4) is 0 Å². The molecule has 0 aliphatic carbocycles. The molecule has 4 nitrogen and oxygen atoms in total. The van der Waals surface area contributed by atoms with Crippen molar-refractivity contribution in [2.75, 3.05) is 18.4 Å². The number of rotatable bonds is 5. The highest BCUT2D eigenvalue weighted by molar-refractivity contribution is 6.05. The molecule has 0 aliphatic heterocycles. The Kier molecular flexibility index (Phi) is 5.80. The van der Waals surface area contributed by atoms with Crippen LogP contribution in [-0.2, 0) is 0 Å². The van der Waals surface area contributed by atoms with Gasteiger partial charge in [-0.25, -0.2) is 13.2 Å². The molecular formula is C18H17F3N2O2. The molecule has 0 heterocycles. The van der Waals surface area contributed by atoms with Gasteiger partial charge < -0.3 is 10.2 Å². The van der Waals surface area contributed by atoms with E-state index < -0.39 is 29.0 Å². The fraction of sp³-hybridized carbons (Fsp3) is 0.222. The number of benzene rings is 2. The molecule has 0 aromatic heterocycles. The van der Waals surface area contributed by atoms with Crippen molar-refractivity contribution in [2.45, 2.75) is 13.8 Å². The minimum absolute atomic E-state index is 0.153. The van der Waals surface area contributed by atoms with Gasteiger partial charge >= 0.3 is 0 Å². The molecule has 0 bridgehead atoms. The van der Waals surface area contributed by atoms with Crippen LogP contribution in [0.3, 0.4) is 0 Å². The average molecular weight is 350 g/mol. The number of amides is 2. The van der Waals surface area contributed by atoms with Crippen LogP contribution in [-0.4, -0.2) is 29.8 Å². The van der Waals surface area contributed by atoms with Crippen LogP contribution >= 0.6 is 0 Å². The fourth-order valence-corrected chi connectivity index (χ4v) is 2.27. The van der Waals surface area contributed by atoms with Crippen molar-refractivity contribution in [2.24, 2.45) is 0 Å². The summed E-state index contributed by atoms with van der Waals surface area (Å²) in [6.45, 7) is 4.85. The van der Waals surface area contributed by atoms with Gasteiger partial charge in [0.25, 0.3) is 11.8 Å². The Balaban J connectivity index is 2.16. The molecule has 0 unspecified atom stereocenters. The third-order valence-corrected chi connectivity index (χ3v) is 3.73. The van der Waals surface area contributed by atoms with Crippen molar-refractivity contribution in [3.63, 3.8) is 0 Å². The van der Waals surface area contributed by atoms with Crippen LogP contribution in [0.25, 0.3) is 0 Å². The van der Waals surface area contributed by atoms with Gasteiger partial charge in [-0.3, -0.25) is 9.59 Å². The number of nitrogens with one attached hydrogen (secondary N) is 1. The smallest absolute Gasteiger partial charge is 0.255 e. The highest BCUT2D eigenvalue weighted by Crippen LogP contribution is 2.20. The third kappa shape index (κ3) is 3.99. The van der Waals surface area contributed by atoms with E-state index in [4.69, 9.17) is 0 Å². The van der Waals surface area contributed by atoms with E-state index in [1.54, 1.807) is 4.90 Å². The van der Waals surface area contributed by atoms with E-state index in [1.807, 2.05) is 13.8 Å². The number of carbonyl (C=O) groups is 2. The summed E-state index contributed by atoms with van der Waals surface area (Å²) in [7, 11) is 0. The van der Waals surface area contributed by atoms with Crippen LogP contribution in [0.1, 0.15) is 34.6 Å². The largest absolute Gasteiger partial charge is 0.339 e. The minimum atomic E-state index is -1.65. The Morgan fingerprint density at radius 1 is 0.880 bits per heavy atom. The highest BCUT2D eigenvalue weighted by atomic mass is 19.2. The first-order chi connectivity index (χ1) is 11.9. The summed E-state index contributed by atoms with van der Waals surface area (Å²) in [6, 6.07) is 7.44. The molecule has 25 heavy (non-hydrogen) atoms. The SMILES string of the molecule is CCN(CC)C(=O)c1ccc(C(=O)Nc2ccc(F)c(F)c2F)cc1. The van der Waals surface area contributed by atoms with Crippen LogP contribution in [0.5, 0.6) is 0 Å². The van der Waals surface area contributed by atoms with E-state index in [1.165, 1.54) is 24.3 Å². The fourth-order valence-electron chi connectivity index (χ4n) is 2.27. The zero-order valence-electron chi connectivity index (χ0n) is 13.8. The van der Waals surface area contributed by atoms with Crippen LogP contribution in [0, 0.1) is 17.5 Å². The second-order valence-corrected chi connectivity index (χ2v) is 5.23. The molecule has 2 aromatic rings. The first-order valence-corrected chi connectivity index (χ1v) is 7.73. The summed E-state index contributed by atoms with van der Waals surface area (Å²) in [5, 5.41) is 2.17. The summed E-state index contributed by atoms with van der Waals surface area (Å²) < 4.78 is 39.7. The Bertz CT molecular complexity index is 788. The topological polar surface area (TPSA) is 49.4 Å². The molecular weight excluding hydrogens is 333 g/mol. The van der Waals surface area contributed by atoms with Crippen LogP contribution in [0.15, 0.2) is 36.4 Å². The quantitative estimate of drug-likeness (QED) is 0.833. The third-order valence-electron chi connectivity index (χ3n) is 3.73. The number of carbonyl (C=O) groups excluding carboxylic acids is 2. The first kappa shape index (κ1) is 18.5. The lowest BCUT2D eigenvalue weighted by atomic mass is 10.1. The molecule has 0 radical (unpaired) electrons. The monoisotopic (exact) mass is 350 g/mol. The summed E-state index contributed by atoms with van der Waals surface area (Å²) in [5.74, 6) is -5.33. The molecule has 0 atom stereocenters. The zero-order chi connectivity index (χ0) is 18.6. The second-order valence-electron chi connectivity index (χ2n) is 5.23. The number of halogens is 3. The molecule has 2 rings (SSSR count). The molecule has 1 N–H and O–H groups in total. The maximum Gasteiger partial charge on any atom is 0.255 e. The number of anilines is 1. The Morgan fingerprint density at radius 2 is 1.44 bits per heavy atom. The normalized spacial score (nSPS) is 10.4. The van der Waals surface area contributed by atoms with Gasteiger partial charge in [0.05, 0.1) is 5.69 Å². The number of hydrogen-bond acceptors (Lipinski definition) is 2. The maximum atomic E-state index is 13.6. The van der Waals surface area contributed by atoms with Crippen LogP contribution < -0.4 is 5.32 Å². The van der Waals surface area contributed by atoms with Gasteiger partial charge in [-0.15, -0.1) is 0 Å². The lowest BCUT2D eigenvalue weighted by Crippen LogP contribution is -2.30. The van der Waals surface area contributed by atoms with E-state index in [9.17, 15) is 22.8 Å². The maximum absolute atomic E-state index is 13.6. The van der Waals surface area contributed by atoms with Gasteiger partial charge in [0.2, 0.25) is 0 Å². The molecule has 132 valence electrons. The van der Waals surface area contributed by atoms with Crippen molar-refractivity contribution in [1.29, 1.82) is 0 Å². The standard InChI is InChI=1S/C18H17F3N2O2/c1-3-23(4-2)18(25)12-7-5-11(6-8-12)17(24)22-14-10-9-13(19)15(20)16(14)21/h5-10H,3-4H2,1-2H3,(H,22,24). The van der Waals surface area contributed by atoms with Crippen molar-refractivity contribution in [1.82, 2.24) is 4.90 Å². The van der Waals surface area contributed by atoms with Crippen molar-refractivity contribution >= 4 is 17.5 Å². The van der Waals surface area contributed by atoms with Crippen LogP contribution in [0.4, 0.5) is 18.9 Å². The van der Waals surface area contributed by atoms with E-state index in [-0.39, 0.29) is 11.5 Å². The van der Waals surface area contributed by atoms with Gasteiger partial charge in [0.15, 0.2) is 17.5 Å². The van der Waals surface area contributed by atoms with Gasteiger partial charge in [0.1, 0.15) is 0 Å². The molecule has 0 saturated heterocycles. The van der Waals surface area contributed by atoms with Crippen molar-refractivity contribution in [3.05, 3.63) is 65.0 Å². The van der Waals surface area contributed by atoms with Gasteiger partial charge in [-0.2, -0.15) is 0 Å². The Morgan fingerprint density at radius 3 is 2.00 bits per heavy atom. The Hall–Kier alpha value is -2.83. The first-order valence-electron chi connectivity index (χ1n) is 7.73. The summed E-state index contributed by atoms with van der Waals surface area (Å²) in [6.07, 6.45) is 0. The minimum Gasteiger partial charge on any atom is -0.339 e. The van der Waals surface area contributed by atoms with Gasteiger partial charge in [-0.05, 0) is 50.2 Å². The highest BCUT2D eigenvalue weighted by Gasteiger charge is 2.17. The van der Waals surface area contributed by atoms with Gasteiger partial charge in [-0.1, -0.05) is 0 Å². The molecule has 0 saturated carbocycles. The summed E-state index contributed by atoms with van der Waals surface area (Å²) in [4.78, 5) is 25.9. The van der Waals surface area contributed by atoms with Crippen LogP contribution in [0.2, 0.25) is 0 Å². The van der Waals surface area contributed by atoms with E-state index >= 15 is 0 Å². The zero-order valence-corrected chi connectivity index (χ0v) is 13.8. The number of nitrogens with zero attached hydrogens (tertiary/aromatic N) is 1. The summed E-state index contributed by atoms with van der Waals surface area (Å²) >= 11 is 0. The number of hydrogen-bond donors (Lipinski definition) is 1. The predicted molar refractivity (Wildman–Crippen MR) is 88.0 cm³/mol. The molecule has 0 aliphatic rings. The van der Waals surface area contributed by atoms with Crippen molar-refractivity contribution < 1.29 is 22.8 Å². The molecule has 7 heteroatoms. The Labute approximate surface area is 143 Å². The molecule has 0 fully saturated rings. The second kappa shape index (κ2) is 7.83.